The first kappa shape index (κ1) is 18.4. The van der Waals surface area contributed by atoms with Crippen LogP contribution in [0, 0.1) is 11.6 Å². The van der Waals surface area contributed by atoms with Crippen LogP contribution in [0.4, 0.5) is 14.5 Å². The predicted octanol–water partition coefficient (Wildman–Crippen LogP) is 4.52. The standard InChI is InChI=1S/C19H20F2N2O2S/c1-24-17-8-5-12(10-18(17)25-2)16-4-3-9-23(16)19(26)22-15-7-6-13(20)11-14(15)21/h5-8,10-11,16H,3-4,9H2,1-2H3,(H,22,26). The average Bonchev–Trinajstić information content (AvgIpc) is 3.13. The summed E-state index contributed by atoms with van der Waals surface area (Å²) < 4.78 is 37.6. The van der Waals surface area contributed by atoms with Gasteiger partial charge in [-0.05, 0) is 54.9 Å². The monoisotopic (exact) mass is 378 g/mol. The molecule has 0 aliphatic carbocycles. The van der Waals surface area contributed by atoms with E-state index in [2.05, 4.69) is 5.32 Å². The van der Waals surface area contributed by atoms with Crippen LogP contribution in [0.1, 0.15) is 24.4 Å². The lowest BCUT2D eigenvalue weighted by Gasteiger charge is -2.28. The minimum atomic E-state index is -0.672. The predicted molar refractivity (Wildman–Crippen MR) is 101 cm³/mol. The van der Waals surface area contributed by atoms with Gasteiger partial charge in [-0.2, -0.15) is 0 Å². The molecule has 1 heterocycles. The lowest BCUT2D eigenvalue weighted by molar-refractivity contribution is 0.351. The number of nitrogens with zero attached hydrogens (tertiary/aromatic N) is 1. The van der Waals surface area contributed by atoms with Crippen molar-refractivity contribution in [3.8, 4) is 11.5 Å². The molecule has 1 aliphatic heterocycles. The Hall–Kier alpha value is -2.41. The maximum absolute atomic E-state index is 13.9. The maximum atomic E-state index is 13.9. The first-order valence-corrected chi connectivity index (χ1v) is 8.69. The molecular weight excluding hydrogens is 358 g/mol. The highest BCUT2D eigenvalue weighted by atomic mass is 32.1. The number of ether oxygens (including phenoxy) is 2. The van der Waals surface area contributed by atoms with Crippen LogP contribution in [-0.2, 0) is 0 Å². The van der Waals surface area contributed by atoms with Gasteiger partial charge < -0.3 is 19.7 Å². The molecule has 0 radical (unpaired) electrons. The van der Waals surface area contributed by atoms with Crippen LogP contribution < -0.4 is 14.8 Å². The van der Waals surface area contributed by atoms with Crippen molar-refractivity contribution < 1.29 is 18.3 Å². The number of methoxy groups -OCH3 is 2. The highest BCUT2D eigenvalue weighted by molar-refractivity contribution is 7.80. The molecule has 0 aromatic heterocycles. The van der Waals surface area contributed by atoms with Crippen molar-refractivity contribution >= 4 is 23.0 Å². The Kier molecular flexibility index (Phi) is 5.56. The maximum Gasteiger partial charge on any atom is 0.174 e. The second kappa shape index (κ2) is 7.86. The minimum absolute atomic E-state index is 0.0540. The van der Waals surface area contributed by atoms with Gasteiger partial charge in [-0.3, -0.25) is 0 Å². The topological polar surface area (TPSA) is 33.7 Å². The van der Waals surface area contributed by atoms with E-state index in [0.29, 0.717) is 16.6 Å². The molecule has 2 aromatic carbocycles. The third-order valence-electron chi connectivity index (χ3n) is 4.48. The van der Waals surface area contributed by atoms with Gasteiger partial charge in [0.1, 0.15) is 11.6 Å². The fourth-order valence-electron chi connectivity index (χ4n) is 3.19. The Bertz CT molecular complexity index is 816. The van der Waals surface area contributed by atoms with E-state index < -0.39 is 11.6 Å². The number of hydrogen-bond acceptors (Lipinski definition) is 3. The summed E-state index contributed by atoms with van der Waals surface area (Å²) in [5.41, 5.74) is 1.21. The summed E-state index contributed by atoms with van der Waals surface area (Å²) in [6.45, 7) is 0.758. The molecule has 0 bridgehead atoms. The van der Waals surface area contributed by atoms with E-state index in [1.165, 1.54) is 12.1 Å². The van der Waals surface area contributed by atoms with E-state index in [1.807, 2.05) is 23.1 Å². The molecule has 2 aromatic rings. The van der Waals surface area contributed by atoms with Crippen LogP contribution in [0.15, 0.2) is 36.4 Å². The summed E-state index contributed by atoms with van der Waals surface area (Å²) in [6.07, 6.45) is 1.88. The van der Waals surface area contributed by atoms with E-state index >= 15 is 0 Å². The van der Waals surface area contributed by atoms with Crippen molar-refractivity contribution in [3.63, 3.8) is 0 Å². The van der Waals surface area contributed by atoms with E-state index in [0.717, 1.165) is 31.0 Å². The average molecular weight is 378 g/mol. The van der Waals surface area contributed by atoms with Crippen molar-refractivity contribution in [3.05, 3.63) is 53.6 Å². The molecule has 4 nitrogen and oxygen atoms in total. The molecule has 138 valence electrons. The summed E-state index contributed by atoms with van der Waals surface area (Å²) in [7, 11) is 3.19. The number of thiocarbonyl (C=S) groups is 1. The molecule has 26 heavy (non-hydrogen) atoms. The first-order valence-electron chi connectivity index (χ1n) is 8.28. The lowest BCUT2D eigenvalue weighted by atomic mass is 10.0. The molecular formula is C19H20F2N2O2S. The molecule has 1 N–H and O–H groups in total. The third-order valence-corrected chi connectivity index (χ3v) is 4.82. The molecule has 7 heteroatoms. The Balaban J connectivity index is 1.80. The number of nitrogens with one attached hydrogen (secondary N) is 1. The molecule has 1 unspecified atom stereocenters. The molecule has 0 saturated carbocycles. The molecule has 1 aliphatic rings. The lowest BCUT2D eigenvalue weighted by Crippen LogP contribution is -2.34. The van der Waals surface area contributed by atoms with Crippen molar-refractivity contribution in [2.45, 2.75) is 18.9 Å². The van der Waals surface area contributed by atoms with Crippen LogP contribution in [0.2, 0.25) is 0 Å². The number of hydrogen-bond donors (Lipinski definition) is 1. The van der Waals surface area contributed by atoms with Crippen LogP contribution >= 0.6 is 12.2 Å². The van der Waals surface area contributed by atoms with E-state index in [9.17, 15) is 8.78 Å². The fourth-order valence-corrected chi connectivity index (χ4v) is 3.52. The van der Waals surface area contributed by atoms with Gasteiger partial charge in [0.2, 0.25) is 0 Å². The Morgan fingerprint density at radius 3 is 2.58 bits per heavy atom. The molecule has 1 atom stereocenters. The van der Waals surface area contributed by atoms with Crippen molar-refractivity contribution in [1.29, 1.82) is 0 Å². The second-order valence-corrected chi connectivity index (χ2v) is 6.41. The van der Waals surface area contributed by atoms with Gasteiger partial charge in [0.25, 0.3) is 0 Å². The zero-order chi connectivity index (χ0) is 18.7. The number of rotatable bonds is 4. The van der Waals surface area contributed by atoms with Crippen molar-refractivity contribution in [1.82, 2.24) is 4.90 Å². The normalized spacial score (nSPS) is 16.5. The van der Waals surface area contributed by atoms with Crippen LogP contribution in [0.25, 0.3) is 0 Å². The number of benzene rings is 2. The van der Waals surface area contributed by atoms with Crippen LogP contribution in [0.5, 0.6) is 11.5 Å². The Morgan fingerprint density at radius 2 is 1.88 bits per heavy atom. The third kappa shape index (κ3) is 3.72. The number of anilines is 1. The fraction of sp³-hybridized carbons (Fsp3) is 0.316. The van der Waals surface area contributed by atoms with Gasteiger partial charge in [0.15, 0.2) is 16.6 Å². The van der Waals surface area contributed by atoms with Gasteiger partial charge in [-0.1, -0.05) is 6.07 Å². The number of likely N-dealkylation sites (tertiary alicyclic amines) is 1. The van der Waals surface area contributed by atoms with Gasteiger partial charge in [0.05, 0.1) is 25.9 Å². The van der Waals surface area contributed by atoms with Crippen molar-refractivity contribution in [2.75, 3.05) is 26.1 Å². The van der Waals surface area contributed by atoms with E-state index in [1.54, 1.807) is 14.2 Å². The largest absolute Gasteiger partial charge is 0.493 e. The Labute approximate surface area is 156 Å². The SMILES string of the molecule is COc1ccc(C2CCCN2C(=S)Nc2ccc(F)cc2F)cc1OC. The zero-order valence-electron chi connectivity index (χ0n) is 14.6. The summed E-state index contributed by atoms with van der Waals surface area (Å²) in [5, 5.41) is 3.30. The van der Waals surface area contributed by atoms with Gasteiger partial charge in [-0.25, -0.2) is 8.78 Å². The first-order chi connectivity index (χ1) is 12.5. The van der Waals surface area contributed by atoms with Crippen LogP contribution in [-0.4, -0.2) is 30.8 Å². The van der Waals surface area contributed by atoms with Crippen molar-refractivity contribution in [2.24, 2.45) is 0 Å². The summed E-state index contributed by atoms with van der Waals surface area (Å²) >= 11 is 5.47. The zero-order valence-corrected chi connectivity index (χ0v) is 15.4. The molecule has 1 fully saturated rings. The summed E-state index contributed by atoms with van der Waals surface area (Å²) in [5.74, 6) is 0.0211. The van der Waals surface area contributed by atoms with Crippen LogP contribution in [0.3, 0.4) is 0 Å². The molecule has 3 rings (SSSR count). The summed E-state index contributed by atoms with van der Waals surface area (Å²) in [6, 6.07) is 9.20. The smallest absolute Gasteiger partial charge is 0.174 e. The van der Waals surface area contributed by atoms with E-state index in [4.69, 9.17) is 21.7 Å². The van der Waals surface area contributed by atoms with Gasteiger partial charge in [-0.15, -0.1) is 0 Å². The number of halogens is 2. The molecule has 1 saturated heterocycles. The summed E-state index contributed by atoms with van der Waals surface area (Å²) in [4.78, 5) is 2.01. The quantitative estimate of drug-likeness (QED) is 0.792. The van der Waals surface area contributed by atoms with Gasteiger partial charge in [0, 0.05) is 12.6 Å². The second-order valence-electron chi connectivity index (χ2n) is 6.02. The molecule has 0 amide bonds. The van der Waals surface area contributed by atoms with Gasteiger partial charge >= 0.3 is 0 Å². The minimum Gasteiger partial charge on any atom is -0.493 e. The Morgan fingerprint density at radius 1 is 1.12 bits per heavy atom. The molecule has 0 spiro atoms. The highest BCUT2D eigenvalue weighted by Crippen LogP contribution is 2.37. The highest BCUT2D eigenvalue weighted by Gasteiger charge is 2.29. The van der Waals surface area contributed by atoms with E-state index in [-0.39, 0.29) is 11.7 Å².